The van der Waals surface area contributed by atoms with Crippen LogP contribution in [0.3, 0.4) is 0 Å². The third-order valence-electron chi connectivity index (χ3n) is 4.19. The maximum Gasteiger partial charge on any atom is 0.348 e. The van der Waals surface area contributed by atoms with Crippen LogP contribution in [0.25, 0.3) is 11.3 Å². The van der Waals surface area contributed by atoms with Crippen LogP contribution in [-0.4, -0.2) is 33.5 Å². The number of nitrogens with zero attached hydrogens (tertiary/aromatic N) is 2. The Bertz CT molecular complexity index is 654. The summed E-state index contributed by atoms with van der Waals surface area (Å²) in [5.74, 6) is -0.894. The number of piperidine rings is 1. The summed E-state index contributed by atoms with van der Waals surface area (Å²) in [6.07, 6.45) is 3.71. The van der Waals surface area contributed by atoms with Gasteiger partial charge in [0.2, 0.25) is 0 Å². The summed E-state index contributed by atoms with van der Waals surface area (Å²) >= 11 is 1.31. The van der Waals surface area contributed by atoms with Gasteiger partial charge in [0.1, 0.15) is 9.88 Å². The predicted molar refractivity (Wildman–Crippen MR) is 88.2 cm³/mol. The highest BCUT2D eigenvalue weighted by Crippen LogP contribution is 2.30. The van der Waals surface area contributed by atoms with E-state index in [0.29, 0.717) is 16.6 Å². The molecule has 1 aromatic heterocycles. The Morgan fingerprint density at radius 3 is 2.82 bits per heavy atom. The Labute approximate surface area is 134 Å². The fourth-order valence-electron chi connectivity index (χ4n) is 2.93. The molecular formula is C17H20N2O2S. The molecule has 1 aliphatic heterocycles. The van der Waals surface area contributed by atoms with Crippen LogP contribution in [0.5, 0.6) is 0 Å². The lowest BCUT2D eigenvalue weighted by Crippen LogP contribution is -2.36. The molecule has 1 saturated heterocycles. The number of likely N-dealkylation sites (tertiary alicyclic amines) is 1. The molecule has 1 fully saturated rings. The minimum atomic E-state index is -0.894. The third kappa shape index (κ3) is 3.20. The fourth-order valence-corrected chi connectivity index (χ4v) is 3.89. The Kier molecular flexibility index (Phi) is 4.55. The molecule has 1 N–H and O–H groups in total. The average molecular weight is 316 g/mol. The van der Waals surface area contributed by atoms with Crippen LogP contribution in [-0.2, 0) is 6.54 Å². The van der Waals surface area contributed by atoms with Crippen molar-refractivity contribution in [2.24, 2.45) is 0 Å². The lowest BCUT2D eigenvalue weighted by atomic mass is 10.0. The number of aromatic nitrogens is 1. The highest BCUT2D eigenvalue weighted by Gasteiger charge is 2.23. The van der Waals surface area contributed by atoms with Gasteiger partial charge in [-0.05, 0) is 26.3 Å². The molecule has 2 aromatic rings. The molecule has 4 nitrogen and oxygen atoms in total. The third-order valence-corrected chi connectivity index (χ3v) is 5.22. The van der Waals surface area contributed by atoms with E-state index >= 15 is 0 Å². The van der Waals surface area contributed by atoms with Gasteiger partial charge in [-0.1, -0.05) is 36.8 Å². The molecule has 1 atom stereocenters. The molecule has 5 heteroatoms. The summed E-state index contributed by atoms with van der Waals surface area (Å²) in [6.45, 7) is 4.06. The van der Waals surface area contributed by atoms with Crippen LogP contribution >= 0.6 is 11.3 Å². The number of hydrogen-bond acceptors (Lipinski definition) is 4. The van der Waals surface area contributed by atoms with E-state index in [9.17, 15) is 9.90 Å². The van der Waals surface area contributed by atoms with Crippen molar-refractivity contribution in [3.05, 3.63) is 40.2 Å². The topological polar surface area (TPSA) is 53.4 Å². The Morgan fingerprint density at radius 1 is 1.36 bits per heavy atom. The van der Waals surface area contributed by atoms with Crippen molar-refractivity contribution in [3.8, 4) is 11.3 Å². The number of aromatic carboxylic acids is 1. The summed E-state index contributed by atoms with van der Waals surface area (Å²) in [7, 11) is 0. The Balaban J connectivity index is 1.88. The van der Waals surface area contributed by atoms with E-state index in [4.69, 9.17) is 0 Å². The molecule has 1 aliphatic rings. The zero-order valence-corrected chi connectivity index (χ0v) is 13.5. The zero-order chi connectivity index (χ0) is 15.5. The van der Waals surface area contributed by atoms with E-state index in [1.54, 1.807) is 0 Å². The molecule has 0 spiro atoms. The largest absolute Gasteiger partial charge is 0.477 e. The molecule has 22 heavy (non-hydrogen) atoms. The second-order valence-electron chi connectivity index (χ2n) is 5.77. The van der Waals surface area contributed by atoms with E-state index in [2.05, 4.69) is 16.8 Å². The quantitative estimate of drug-likeness (QED) is 0.930. The second-order valence-corrected chi connectivity index (χ2v) is 6.86. The van der Waals surface area contributed by atoms with Crippen LogP contribution in [0.4, 0.5) is 0 Å². The van der Waals surface area contributed by atoms with E-state index in [1.807, 2.05) is 30.3 Å². The molecule has 1 aromatic carbocycles. The van der Waals surface area contributed by atoms with E-state index < -0.39 is 5.97 Å². The molecule has 0 bridgehead atoms. The first kappa shape index (κ1) is 15.2. The molecule has 116 valence electrons. The van der Waals surface area contributed by atoms with Gasteiger partial charge in [0, 0.05) is 11.6 Å². The summed E-state index contributed by atoms with van der Waals surface area (Å²) in [6, 6.07) is 10.1. The smallest absolute Gasteiger partial charge is 0.348 e. The molecule has 3 rings (SSSR count). The first-order valence-corrected chi connectivity index (χ1v) is 8.49. The van der Waals surface area contributed by atoms with Crippen molar-refractivity contribution in [2.75, 3.05) is 6.54 Å². The molecule has 1 unspecified atom stereocenters. The SMILES string of the molecule is CC1CCCCN1Cc1nc(-c2ccccc2)c(C(=O)O)s1. The van der Waals surface area contributed by atoms with Crippen molar-refractivity contribution in [2.45, 2.75) is 38.8 Å². The van der Waals surface area contributed by atoms with Crippen molar-refractivity contribution < 1.29 is 9.90 Å². The number of carbonyl (C=O) groups is 1. The highest BCUT2D eigenvalue weighted by atomic mass is 32.1. The van der Waals surface area contributed by atoms with Gasteiger partial charge in [-0.15, -0.1) is 11.3 Å². The lowest BCUT2D eigenvalue weighted by Gasteiger charge is -2.32. The van der Waals surface area contributed by atoms with Crippen molar-refractivity contribution in [3.63, 3.8) is 0 Å². The van der Waals surface area contributed by atoms with Gasteiger partial charge in [0.05, 0.1) is 12.2 Å². The van der Waals surface area contributed by atoms with Gasteiger partial charge < -0.3 is 5.11 Å². The summed E-state index contributed by atoms with van der Waals surface area (Å²) < 4.78 is 0. The van der Waals surface area contributed by atoms with Crippen LogP contribution in [0.1, 0.15) is 40.9 Å². The molecular weight excluding hydrogens is 296 g/mol. The van der Waals surface area contributed by atoms with Crippen LogP contribution in [0.15, 0.2) is 30.3 Å². The fraction of sp³-hybridized carbons (Fsp3) is 0.412. The van der Waals surface area contributed by atoms with Gasteiger partial charge in [0.25, 0.3) is 0 Å². The van der Waals surface area contributed by atoms with Crippen molar-refractivity contribution in [1.82, 2.24) is 9.88 Å². The lowest BCUT2D eigenvalue weighted by molar-refractivity contribution is 0.0702. The van der Waals surface area contributed by atoms with Gasteiger partial charge in [-0.3, -0.25) is 4.90 Å². The molecule has 0 aliphatic carbocycles. The molecule has 2 heterocycles. The summed E-state index contributed by atoms with van der Waals surface area (Å²) in [5.41, 5.74) is 1.46. The first-order chi connectivity index (χ1) is 10.6. The highest BCUT2D eigenvalue weighted by molar-refractivity contribution is 7.14. The van der Waals surface area contributed by atoms with E-state index in [0.717, 1.165) is 23.7 Å². The van der Waals surface area contributed by atoms with Crippen molar-refractivity contribution in [1.29, 1.82) is 0 Å². The minimum Gasteiger partial charge on any atom is -0.477 e. The maximum absolute atomic E-state index is 11.5. The van der Waals surface area contributed by atoms with Gasteiger partial charge >= 0.3 is 5.97 Å². The number of carboxylic acid groups (broad SMARTS) is 1. The Morgan fingerprint density at radius 2 is 2.14 bits per heavy atom. The second kappa shape index (κ2) is 6.58. The number of rotatable bonds is 4. The van der Waals surface area contributed by atoms with Crippen LogP contribution < -0.4 is 0 Å². The van der Waals surface area contributed by atoms with E-state index in [-0.39, 0.29) is 0 Å². The first-order valence-electron chi connectivity index (χ1n) is 7.67. The molecule has 0 amide bonds. The van der Waals surface area contributed by atoms with Crippen molar-refractivity contribution >= 4 is 17.3 Å². The number of hydrogen-bond donors (Lipinski definition) is 1. The van der Waals surface area contributed by atoms with E-state index in [1.165, 1.54) is 30.6 Å². The molecule has 0 radical (unpaired) electrons. The average Bonchev–Trinajstić information content (AvgIpc) is 2.95. The number of benzene rings is 1. The van der Waals surface area contributed by atoms with Crippen LogP contribution in [0.2, 0.25) is 0 Å². The van der Waals surface area contributed by atoms with Crippen LogP contribution in [0, 0.1) is 0 Å². The predicted octanol–water partition coefficient (Wildman–Crippen LogP) is 3.88. The summed E-state index contributed by atoms with van der Waals surface area (Å²) in [4.78, 5) is 18.9. The number of carboxylic acids is 1. The minimum absolute atomic E-state index is 0.339. The Hall–Kier alpha value is -1.72. The maximum atomic E-state index is 11.5. The van der Waals surface area contributed by atoms with Gasteiger partial charge in [-0.25, -0.2) is 9.78 Å². The standard InChI is InChI=1S/C17H20N2O2S/c1-12-7-5-6-10-19(12)11-14-18-15(16(22-14)17(20)21)13-8-3-2-4-9-13/h2-4,8-9,12H,5-7,10-11H2,1H3,(H,20,21). The molecule has 0 saturated carbocycles. The normalized spacial score (nSPS) is 19.2. The van der Waals surface area contributed by atoms with Gasteiger partial charge in [-0.2, -0.15) is 0 Å². The zero-order valence-electron chi connectivity index (χ0n) is 12.7. The number of thiazole rings is 1. The monoisotopic (exact) mass is 316 g/mol. The summed E-state index contributed by atoms with van der Waals surface area (Å²) in [5, 5.41) is 10.3. The van der Waals surface area contributed by atoms with Gasteiger partial charge in [0.15, 0.2) is 0 Å².